The van der Waals surface area contributed by atoms with Gasteiger partial charge in [-0.05, 0) is 12.8 Å². The monoisotopic (exact) mass is 231 g/mol. The third-order valence-electron chi connectivity index (χ3n) is 2.29. The zero-order chi connectivity index (χ0) is 10.7. The Bertz CT molecular complexity index is 395. The molecule has 0 amide bonds. The number of nitrogens with zero attached hydrogens (tertiary/aromatic N) is 3. The standard InChI is InChI=1S/C7H13N5O2S/c13-15(14,12-3-1-2-4-12)10-5-7-8-6-9-11-7/h6,10H,1-5H2,(H,8,9,11). The fourth-order valence-corrected chi connectivity index (χ4v) is 2.74. The van der Waals surface area contributed by atoms with E-state index in [1.807, 2.05) is 0 Å². The smallest absolute Gasteiger partial charge is 0.262 e. The molecule has 7 nitrogen and oxygen atoms in total. The summed E-state index contributed by atoms with van der Waals surface area (Å²) in [7, 11) is -3.34. The molecular weight excluding hydrogens is 218 g/mol. The molecule has 1 aliphatic heterocycles. The maximum atomic E-state index is 11.7. The van der Waals surface area contributed by atoms with Gasteiger partial charge in [-0.1, -0.05) is 0 Å². The van der Waals surface area contributed by atoms with Crippen LogP contribution in [-0.4, -0.2) is 41.0 Å². The third-order valence-corrected chi connectivity index (χ3v) is 3.85. The van der Waals surface area contributed by atoms with Gasteiger partial charge in [-0.2, -0.15) is 22.5 Å². The quantitative estimate of drug-likeness (QED) is 0.712. The van der Waals surface area contributed by atoms with E-state index >= 15 is 0 Å². The summed E-state index contributed by atoms with van der Waals surface area (Å²) in [6.45, 7) is 1.36. The highest BCUT2D eigenvalue weighted by Gasteiger charge is 2.24. The number of nitrogens with one attached hydrogen (secondary N) is 2. The summed E-state index contributed by atoms with van der Waals surface area (Å²) < 4.78 is 27.3. The Morgan fingerprint density at radius 3 is 2.80 bits per heavy atom. The molecular formula is C7H13N5O2S. The van der Waals surface area contributed by atoms with Crippen LogP contribution >= 0.6 is 0 Å². The molecule has 0 aliphatic carbocycles. The predicted octanol–water partition coefficient (Wildman–Crippen LogP) is -0.765. The Balaban J connectivity index is 1.93. The van der Waals surface area contributed by atoms with E-state index in [2.05, 4.69) is 19.9 Å². The van der Waals surface area contributed by atoms with Crippen molar-refractivity contribution in [2.24, 2.45) is 0 Å². The van der Waals surface area contributed by atoms with Gasteiger partial charge in [0.2, 0.25) is 0 Å². The largest absolute Gasteiger partial charge is 0.279 e. The molecule has 0 unspecified atom stereocenters. The Kier molecular flexibility index (Phi) is 2.98. The van der Waals surface area contributed by atoms with Crippen molar-refractivity contribution in [1.82, 2.24) is 24.2 Å². The molecule has 2 heterocycles. The van der Waals surface area contributed by atoms with Crippen molar-refractivity contribution in [2.45, 2.75) is 19.4 Å². The topological polar surface area (TPSA) is 91.0 Å². The summed E-state index contributed by atoms with van der Waals surface area (Å²) in [6, 6.07) is 0. The Hall–Kier alpha value is -0.990. The second kappa shape index (κ2) is 4.25. The summed E-state index contributed by atoms with van der Waals surface area (Å²) in [5, 5.41) is 6.23. The van der Waals surface area contributed by atoms with E-state index in [1.54, 1.807) is 0 Å². The lowest BCUT2D eigenvalue weighted by Gasteiger charge is -2.15. The van der Waals surface area contributed by atoms with Gasteiger partial charge in [-0.25, -0.2) is 4.98 Å². The lowest BCUT2D eigenvalue weighted by atomic mass is 10.4. The highest BCUT2D eigenvalue weighted by Crippen LogP contribution is 2.11. The third kappa shape index (κ3) is 2.52. The van der Waals surface area contributed by atoms with Gasteiger partial charge in [0.05, 0.1) is 6.54 Å². The summed E-state index contributed by atoms with van der Waals surface area (Å²) >= 11 is 0. The summed E-state index contributed by atoms with van der Waals surface area (Å²) in [5.74, 6) is 0.512. The molecule has 84 valence electrons. The Labute approximate surface area is 88.1 Å². The van der Waals surface area contributed by atoms with E-state index in [9.17, 15) is 8.42 Å². The van der Waals surface area contributed by atoms with Crippen LogP contribution in [0.15, 0.2) is 6.33 Å². The Morgan fingerprint density at radius 2 is 2.20 bits per heavy atom. The number of aromatic amines is 1. The van der Waals surface area contributed by atoms with Crippen molar-refractivity contribution in [2.75, 3.05) is 13.1 Å². The van der Waals surface area contributed by atoms with Crippen LogP contribution in [0, 0.1) is 0 Å². The molecule has 2 N–H and O–H groups in total. The minimum atomic E-state index is -3.34. The summed E-state index contributed by atoms with van der Waals surface area (Å²) in [4.78, 5) is 3.83. The van der Waals surface area contributed by atoms with Gasteiger partial charge in [0, 0.05) is 13.1 Å². The number of rotatable bonds is 4. The van der Waals surface area contributed by atoms with Crippen LogP contribution < -0.4 is 4.72 Å². The average molecular weight is 231 g/mol. The first-order valence-corrected chi connectivity index (χ1v) is 6.21. The van der Waals surface area contributed by atoms with Crippen molar-refractivity contribution in [3.63, 3.8) is 0 Å². The number of H-pyrrole nitrogens is 1. The van der Waals surface area contributed by atoms with E-state index in [-0.39, 0.29) is 6.54 Å². The second-order valence-corrected chi connectivity index (χ2v) is 5.12. The average Bonchev–Trinajstić information content (AvgIpc) is 2.88. The van der Waals surface area contributed by atoms with Crippen LogP contribution in [0.4, 0.5) is 0 Å². The zero-order valence-corrected chi connectivity index (χ0v) is 9.00. The zero-order valence-electron chi connectivity index (χ0n) is 8.18. The number of aromatic nitrogens is 3. The summed E-state index contributed by atoms with van der Waals surface area (Å²) in [6.07, 6.45) is 3.21. The van der Waals surface area contributed by atoms with Gasteiger partial charge >= 0.3 is 0 Å². The molecule has 0 radical (unpaired) electrons. The van der Waals surface area contributed by atoms with Gasteiger partial charge < -0.3 is 0 Å². The Morgan fingerprint density at radius 1 is 1.47 bits per heavy atom. The van der Waals surface area contributed by atoms with Gasteiger partial charge in [0.25, 0.3) is 10.2 Å². The van der Waals surface area contributed by atoms with Crippen molar-refractivity contribution in [1.29, 1.82) is 0 Å². The van der Waals surface area contributed by atoms with Crippen LogP contribution in [0.3, 0.4) is 0 Å². The summed E-state index contributed by atoms with van der Waals surface area (Å²) in [5.41, 5.74) is 0. The lowest BCUT2D eigenvalue weighted by molar-refractivity contribution is 0.464. The van der Waals surface area contributed by atoms with Crippen LogP contribution in [0.25, 0.3) is 0 Å². The molecule has 15 heavy (non-hydrogen) atoms. The molecule has 0 atom stereocenters. The fourth-order valence-electron chi connectivity index (χ4n) is 1.50. The van der Waals surface area contributed by atoms with Gasteiger partial charge in [0.15, 0.2) is 0 Å². The maximum absolute atomic E-state index is 11.7. The van der Waals surface area contributed by atoms with E-state index in [0.29, 0.717) is 18.9 Å². The van der Waals surface area contributed by atoms with E-state index in [1.165, 1.54) is 10.6 Å². The van der Waals surface area contributed by atoms with Crippen molar-refractivity contribution < 1.29 is 8.42 Å². The molecule has 1 saturated heterocycles. The molecule has 0 aromatic carbocycles. The van der Waals surface area contributed by atoms with Crippen molar-refractivity contribution in [3.8, 4) is 0 Å². The van der Waals surface area contributed by atoms with E-state index < -0.39 is 10.2 Å². The molecule has 0 saturated carbocycles. The first kappa shape index (κ1) is 10.5. The van der Waals surface area contributed by atoms with Crippen LogP contribution in [0.5, 0.6) is 0 Å². The van der Waals surface area contributed by atoms with E-state index in [0.717, 1.165) is 12.8 Å². The number of hydrogen-bond acceptors (Lipinski definition) is 4. The lowest BCUT2D eigenvalue weighted by Crippen LogP contribution is -2.38. The highest BCUT2D eigenvalue weighted by atomic mass is 32.2. The minimum Gasteiger partial charge on any atom is -0.262 e. The molecule has 0 bridgehead atoms. The molecule has 1 fully saturated rings. The van der Waals surface area contributed by atoms with Crippen molar-refractivity contribution in [3.05, 3.63) is 12.2 Å². The maximum Gasteiger partial charge on any atom is 0.279 e. The molecule has 1 aliphatic rings. The number of hydrogen-bond donors (Lipinski definition) is 2. The highest BCUT2D eigenvalue weighted by molar-refractivity contribution is 7.87. The van der Waals surface area contributed by atoms with Crippen LogP contribution in [-0.2, 0) is 16.8 Å². The minimum absolute atomic E-state index is 0.152. The first-order chi connectivity index (χ1) is 7.18. The van der Waals surface area contributed by atoms with Gasteiger partial charge in [0.1, 0.15) is 12.2 Å². The second-order valence-electron chi connectivity index (χ2n) is 3.36. The van der Waals surface area contributed by atoms with Crippen LogP contribution in [0.1, 0.15) is 18.7 Å². The normalized spacial score (nSPS) is 18.4. The predicted molar refractivity (Wildman–Crippen MR) is 52.9 cm³/mol. The first-order valence-electron chi connectivity index (χ1n) is 4.77. The van der Waals surface area contributed by atoms with Gasteiger partial charge in [-0.3, -0.25) is 5.10 Å². The molecule has 2 rings (SSSR count). The molecule has 1 aromatic rings. The molecule has 1 aromatic heterocycles. The molecule has 8 heteroatoms. The fraction of sp³-hybridized carbons (Fsp3) is 0.714. The SMILES string of the molecule is O=S(=O)(NCc1ncn[nH]1)N1CCCC1. The van der Waals surface area contributed by atoms with Crippen LogP contribution in [0.2, 0.25) is 0 Å². The van der Waals surface area contributed by atoms with Crippen molar-refractivity contribution >= 4 is 10.2 Å². The molecule has 0 spiro atoms. The van der Waals surface area contributed by atoms with E-state index in [4.69, 9.17) is 0 Å². The van der Waals surface area contributed by atoms with Gasteiger partial charge in [-0.15, -0.1) is 0 Å².